The smallest absolute Gasteiger partial charge is 0.259 e. The minimum Gasteiger partial charge on any atom is -0.478 e. The second-order valence-corrected chi connectivity index (χ2v) is 9.89. The first kappa shape index (κ1) is 22.9. The highest BCUT2D eigenvalue weighted by molar-refractivity contribution is 14.1. The van der Waals surface area contributed by atoms with E-state index in [1.165, 1.54) is 5.69 Å². The summed E-state index contributed by atoms with van der Waals surface area (Å²) < 4.78 is 6.92. The molecule has 2 aromatic carbocycles. The number of carbonyl (C=O) groups is 1. The van der Waals surface area contributed by atoms with Gasteiger partial charge >= 0.3 is 0 Å². The number of likely N-dealkylation sites (N-methyl/N-ethyl adjacent to an activating group) is 1. The Balaban J connectivity index is 1.56. The molecule has 2 aliphatic heterocycles. The van der Waals surface area contributed by atoms with Crippen LogP contribution in [-0.4, -0.2) is 55.6 Å². The lowest BCUT2D eigenvalue weighted by Crippen LogP contribution is -2.44. The van der Waals surface area contributed by atoms with Gasteiger partial charge in [-0.3, -0.25) is 4.79 Å². The molecule has 7 nitrogen and oxygen atoms in total. The number of fused-ring (bicyclic) bond motifs is 1. The van der Waals surface area contributed by atoms with Crippen LogP contribution in [0, 0.1) is 3.57 Å². The van der Waals surface area contributed by atoms with E-state index in [2.05, 4.69) is 67.2 Å². The molecular weight excluding hydrogens is 541 g/mol. The molecule has 3 heterocycles. The number of piperazine rings is 1. The summed E-state index contributed by atoms with van der Waals surface area (Å²) in [6, 6.07) is 18.1. The van der Waals surface area contributed by atoms with Gasteiger partial charge in [-0.25, -0.2) is 4.98 Å². The molecule has 0 spiro atoms. The number of halogens is 1. The van der Waals surface area contributed by atoms with Gasteiger partial charge in [-0.2, -0.15) is 0 Å². The van der Waals surface area contributed by atoms with Gasteiger partial charge < -0.3 is 25.2 Å². The molecule has 1 atom stereocenters. The number of hydrogen-bond acceptors (Lipinski definition) is 6. The zero-order valence-electron chi connectivity index (χ0n) is 19.3. The van der Waals surface area contributed by atoms with Gasteiger partial charge in [-0.1, -0.05) is 0 Å². The second-order valence-electron chi connectivity index (χ2n) is 8.65. The Bertz CT molecular complexity index is 1190. The molecule has 0 radical (unpaired) electrons. The van der Waals surface area contributed by atoms with Crippen molar-refractivity contribution in [3.63, 3.8) is 0 Å². The molecule has 0 bridgehead atoms. The number of aromatic nitrogens is 1. The van der Waals surface area contributed by atoms with Crippen molar-refractivity contribution in [3.05, 3.63) is 75.5 Å². The maximum atomic E-state index is 13.7. The van der Waals surface area contributed by atoms with Crippen molar-refractivity contribution in [1.82, 2.24) is 9.88 Å². The number of carbonyl (C=O) groups excluding carboxylic acids is 1. The van der Waals surface area contributed by atoms with Crippen molar-refractivity contribution >= 4 is 45.6 Å². The Morgan fingerprint density at radius 2 is 1.85 bits per heavy atom. The van der Waals surface area contributed by atoms with Gasteiger partial charge in [0.1, 0.15) is 0 Å². The molecule has 1 fully saturated rings. The Morgan fingerprint density at radius 1 is 1.09 bits per heavy atom. The highest BCUT2D eigenvalue weighted by Crippen LogP contribution is 2.46. The van der Waals surface area contributed by atoms with Gasteiger partial charge in [0.25, 0.3) is 5.91 Å². The quantitative estimate of drug-likeness (QED) is 0.435. The van der Waals surface area contributed by atoms with Crippen molar-refractivity contribution < 1.29 is 9.53 Å². The van der Waals surface area contributed by atoms with Crippen LogP contribution in [0.2, 0.25) is 0 Å². The molecule has 3 aromatic rings. The summed E-state index contributed by atoms with van der Waals surface area (Å²) in [4.78, 5) is 22.9. The molecule has 0 aliphatic carbocycles. The van der Waals surface area contributed by atoms with Gasteiger partial charge in [0.15, 0.2) is 5.54 Å². The average Bonchev–Trinajstić information content (AvgIpc) is 3.12. The Labute approximate surface area is 213 Å². The summed E-state index contributed by atoms with van der Waals surface area (Å²) in [5.74, 6) is 0.301. The lowest BCUT2D eigenvalue weighted by Gasteiger charge is -2.34. The summed E-state index contributed by atoms with van der Waals surface area (Å²) in [6.45, 7) is 6.51. The number of nitrogens with one attached hydrogen (secondary N) is 2. The van der Waals surface area contributed by atoms with Gasteiger partial charge in [-0.05, 0) is 91.2 Å². The third kappa shape index (κ3) is 4.09. The van der Waals surface area contributed by atoms with E-state index in [4.69, 9.17) is 4.74 Å². The lowest BCUT2D eigenvalue weighted by atomic mass is 9.83. The van der Waals surface area contributed by atoms with Crippen molar-refractivity contribution in [3.8, 4) is 5.88 Å². The van der Waals surface area contributed by atoms with Crippen LogP contribution in [0.5, 0.6) is 5.88 Å². The molecule has 0 saturated carbocycles. The first-order valence-corrected chi connectivity index (χ1v) is 12.6. The molecule has 1 unspecified atom stereocenters. The maximum Gasteiger partial charge on any atom is 0.259 e. The number of rotatable bonds is 6. The summed E-state index contributed by atoms with van der Waals surface area (Å²) in [5, 5.41) is 6.65. The van der Waals surface area contributed by atoms with Crippen LogP contribution in [0.15, 0.2) is 60.8 Å². The largest absolute Gasteiger partial charge is 0.478 e. The molecule has 1 aromatic heterocycles. The van der Waals surface area contributed by atoms with Crippen LogP contribution in [0.3, 0.4) is 0 Å². The van der Waals surface area contributed by atoms with Crippen LogP contribution in [0.25, 0.3) is 0 Å². The summed E-state index contributed by atoms with van der Waals surface area (Å²) >= 11 is 2.28. The van der Waals surface area contributed by atoms with Crippen molar-refractivity contribution in [2.75, 3.05) is 55.4 Å². The van der Waals surface area contributed by atoms with E-state index in [0.29, 0.717) is 18.1 Å². The van der Waals surface area contributed by atoms with E-state index in [9.17, 15) is 4.79 Å². The maximum absolute atomic E-state index is 13.7. The Kier molecular flexibility index (Phi) is 6.35. The summed E-state index contributed by atoms with van der Waals surface area (Å²) in [5.41, 5.74) is 3.23. The monoisotopic (exact) mass is 569 g/mol. The molecule has 1 amide bonds. The van der Waals surface area contributed by atoms with Crippen LogP contribution in [-0.2, 0) is 10.3 Å². The summed E-state index contributed by atoms with van der Waals surface area (Å²) in [7, 11) is 2.16. The number of anilines is 3. The van der Waals surface area contributed by atoms with Crippen molar-refractivity contribution in [1.29, 1.82) is 0 Å². The standard InChI is InChI=1S/C26H28IN5O2/c1-3-34-24-21(5-4-12-28-24)26(22-17-18(27)6-11-23(22)29-25(26)33)30-19-7-9-20(10-8-19)32-15-13-31(2)14-16-32/h4-12,17,30H,3,13-16H2,1-2H3,(H,29,33). The molecule has 5 rings (SSSR count). The number of nitrogens with zero attached hydrogens (tertiary/aromatic N) is 3. The molecule has 34 heavy (non-hydrogen) atoms. The van der Waals surface area contributed by atoms with Gasteiger partial charge in [0.2, 0.25) is 5.88 Å². The fraction of sp³-hybridized carbons (Fsp3) is 0.308. The normalized spacial score (nSPS) is 20.1. The highest BCUT2D eigenvalue weighted by Gasteiger charge is 2.50. The minimum atomic E-state index is -1.16. The number of ether oxygens (including phenoxy) is 1. The molecule has 176 valence electrons. The zero-order chi connectivity index (χ0) is 23.7. The van der Waals surface area contributed by atoms with Gasteiger partial charge in [0, 0.05) is 58.6 Å². The van der Waals surface area contributed by atoms with E-state index in [1.807, 2.05) is 49.4 Å². The van der Waals surface area contributed by atoms with Crippen molar-refractivity contribution in [2.24, 2.45) is 0 Å². The van der Waals surface area contributed by atoms with E-state index in [-0.39, 0.29) is 5.91 Å². The van der Waals surface area contributed by atoms with E-state index in [0.717, 1.165) is 46.7 Å². The van der Waals surface area contributed by atoms with E-state index in [1.54, 1.807) is 6.20 Å². The molecule has 1 saturated heterocycles. The first-order chi connectivity index (χ1) is 16.5. The van der Waals surface area contributed by atoms with E-state index >= 15 is 0 Å². The molecule has 2 N–H and O–H groups in total. The zero-order valence-corrected chi connectivity index (χ0v) is 21.5. The predicted octanol–water partition coefficient (Wildman–Crippen LogP) is 4.14. The van der Waals surface area contributed by atoms with Gasteiger partial charge in [0.05, 0.1) is 12.2 Å². The SMILES string of the molecule is CCOc1ncccc1C1(Nc2ccc(N3CCN(C)CC3)cc2)C(=O)Nc2ccc(I)cc21. The summed E-state index contributed by atoms with van der Waals surface area (Å²) in [6.07, 6.45) is 1.69. The third-order valence-corrected chi connectivity index (χ3v) is 7.17. The van der Waals surface area contributed by atoms with Crippen LogP contribution >= 0.6 is 22.6 Å². The Morgan fingerprint density at radius 3 is 2.59 bits per heavy atom. The van der Waals surface area contributed by atoms with E-state index < -0.39 is 5.54 Å². The van der Waals surface area contributed by atoms with Crippen LogP contribution in [0.4, 0.5) is 17.1 Å². The highest BCUT2D eigenvalue weighted by atomic mass is 127. The van der Waals surface area contributed by atoms with Crippen molar-refractivity contribution in [2.45, 2.75) is 12.5 Å². The number of amides is 1. The molecular formula is C26H28IN5O2. The average molecular weight is 569 g/mol. The first-order valence-electron chi connectivity index (χ1n) is 11.5. The third-order valence-electron chi connectivity index (χ3n) is 6.50. The Hall–Kier alpha value is -2.85. The fourth-order valence-corrected chi connectivity index (χ4v) is 5.19. The fourth-order valence-electron chi connectivity index (χ4n) is 4.70. The predicted molar refractivity (Wildman–Crippen MR) is 144 cm³/mol. The van der Waals surface area contributed by atoms with Crippen LogP contribution < -0.4 is 20.3 Å². The van der Waals surface area contributed by atoms with Crippen LogP contribution in [0.1, 0.15) is 18.1 Å². The number of hydrogen-bond donors (Lipinski definition) is 2. The minimum absolute atomic E-state index is 0.151. The molecule has 2 aliphatic rings. The number of benzene rings is 2. The topological polar surface area (TPSA) is 69.7 Å². The lowest BCUT2D eigenvalue weighted by molar-refractivity contribution is -0.118. The van der Waals surface area contributed by atoms with Gasteiger partial charge in [-0.15, -0.1) is 0 Å². The number of pyridine rings is 1. The molecule has 8 heteroatoms. The second kappa shape index (κ2) is 9.42.